The lowest BCUT2D eigenvalue weighted by molar-refractivity contribution is -0.139. The quantitative estimate of drug-likeness (QED) is 0.419. The van der Waals surface area contributed by atoms with E-state index in [2.05, 4.69) is 37.6 Å². The van der Waals surface area contributed by atoms with Crippen LogP contribution in [-0.2, 0) is 9.59 Å². The van der Waals surface area contributed by atoms with Gasteiger partial charge in [-0.05, 0) is 54.7 Å². The molecular formula is C30H32FN5O2. The van der Waals surface area contributed by atoms with E-state index in [-0.39, 0.29) is 47.6 Å². The number of fused-ring (bicyclic) bond motifs is 3. The lowest BCUT2D eigenvalue weighted by Gasteiger charge is -2.41. The minimum atomic E-state index is -0.314. The number of hydrogen-bond acceptors (Lipinski definition) is 4. The number of likely N-dealkylation sites (tertiary alicyclic amines) is 1. The number of imidazole rings is 1. The number of anilines is 1. The molecule has 3 aromatic rings. The molecule has 7 nitrogen and oxygen atoms in total. The van der Waals surface area contributed by atoms with Gasteiger partial charge in [0.2, 0.25) is 11.8 Å². The maximum atomic E-state index is 14.1. The van der Waals surface area contributed by atoms with Crippen molar-refractivity contribution in [3.63, 3.8) is 0 Å². The highest BCUT2D eigenvalue weighted by Gasteiger charge is 2.49. The van der Waals surface area contributed by atoms with Crippen LogP contribution in [0.5, 0.6) is 0 Å². The zero-order valence-electron chi connectivity index (χ0n) is 21.1. The molecule has 1 saturated heterocycles. The SMILES string of the molecule is O=C(C=Cc1ccc(F)cc1)N[C@@H]1CCCC[C@@H]1C(=O)N1CC[C@@H]2[C@H](c3ncc[nH]3)Nc3ccccc3[C@@H]21. The van der Waals surface area contributed by atoms with Crippen molar-refractivity contribution in [1.82, 2.24) is 20.2 Å². The molecule has 5 atom stereocenters. The molecule has 38 heavy (non-hydrogen) atoms. The summed E-state index contributed by atoms with van der Waals surface area (Å²) in [5.41, 5.74) is 2.93. The molecule has 8 heteroatoms. The Kier molecular flexibility index (Phi) is 6.70. The van der Waals surface area contributed by atoms with Gasteiger partial charge in [-0.25, -0.2) is 9.37 Å². The number of aromatic amines is 1. The van der Waals surface area contributed by atoms with Crippen LogP contribution in [0.2, 0.25) is 0 Å². The standard InChI is InChI=1S/C30H32FN5O2/c31-20-12-9-19(10-13-20)11-14-26(37)34-25-8-4-2-6-22(25)30(38)36-18-15-23-27(29-32-16-17-33-29)35-24-7-3-1-5-21(24)28(23)36/h1,3,5,7,9-14,16-17,22-23,25,27-28,35H,2,4,6,8,15,18H2,(H,32,33)(H,34,37)/t22-,23+,25+,27+,28-/m0/s1. The van der Waals surface area contributed by atoms with E-state index in [1.54, 1.807) is 24.4 Å². The molecule has 0 unspecified atom stereocenters. The van der Waals surface area contributed by atoms with Crippen molar-refractivity contribution < 1.29 is 14.0 Å². The summed E-state index contributed by atoms with van der Waals surface area (Å²) in [6.07, 6.45) is 11.1. The third kappa shape index (κ3) is 4.71. The highest BCUT2D eigenvalue weighted by atomic mass is 19.1. The predicted molar refractivity (Wildman–Crippen MR) is 143 cm³/mol. The van der Waals surface area contributed by atoms with Gasteiger partial charge in [-0.1, -0.05) is 43.2 Å². The summed E-state index contributed by atoms with van der Waals surface area (Å²) in [5.74, 6) is 0.416. The monoisotopic (exact) mass is 513 g/mol. The number of aromatic nitrogens is 2. The minimum Gasteiger partial charge on any atom is -0.375 e. The number of H-pyrrole nitrogens is 1. The molecule has 2 fully saturated rings. The van der Waals surface area contributed by atoms with Crippen LogP contribution in [0.3, 0.4) is 0 Å². The fraction of sp³-hybridized carbons (Fsp3) is 0.367. The van der Waals surface area contributed by atoms with Gasteiger partial charge in [0.25, 0.3) is 0 Å². The van der Waals surface area contributed by atoms with Crippen LogP contribution in [0, 0.1) is 17.7 Å². The number of hydrogen-bond donors (Lipinski definition) is 3. The van der Waals surface area contributed by atoms with Gasteiger partial charge in [0.05, 0.1) is 18.0 Å². The molecule has 3 N–H and O–H groups in total. The van der Waals surface area contributed by atoms with Crippen molar-refractivity contribution in [3.05, 3.63) is 89.8 Å². The van der Waals surface area contributed by atoms with Crippen molar-refractivity contribution in [2.75, 3.05) is 11.9 Å². The summed E-state index contributed by atoms with van der Waals surface area (Å²) in [6.45, 7) is 0.684. The third-order valence-electron chi connectivity index (χ3n) is 8.27. The minimum absolute atomic E-state index is 0.00107. The Morgan fingerprint density at radius 3 is 2.68 bits per heavy atom. The number of carbonyl (C=O) groups is 2. The van der Waals surface area contributed by atoms with Gasteiger partial charge in [-0.3, -0.25) is 9.59 Å². The van der Waals surface area contributed by atoms with Crippen molar-refractivity contribution in [2.45, 2.75) is 50.2 Å². The lowest BCUT2D eigenvalue weighted by Crippen LogP contribution is -2.49. The van der Waals surface area contributed by atoms with Gasteiger partial charge >= 0.3 is 0 Å². The summed E-state index contributed by atoms with van der Waals surface area (Å²) in [4.78, 5) is 36.8. The molecule has 1 aliphatic carbocycles. The first-order valence-corrected chi connectivity index (χ1v) is 13.5. The molecule has 0 spiro atoms. The predicted octanol–water partition coefficient (Wildman–Crippen LogP) is 4.99. The number of carbonyl (C=O) groups excluding carboxylic acids is 2. The normalized spacial score (nSPS) is 26.4. The zero-order chi connectivity index (χ0) is 26.1. The first kappa shape index (κ1) is 24.4. The van der Waals surface area contributed by atoms with Crippen LogP contribution in [0.15, 0.2) is 67.0 Å². The van der Waals surface area contributed by atoms with E-state index in [0.29, 0.717) is 6.54 Å². The number of amides is 2. The molecule has 2 aromatic carbocycles. The number of halogens is 1. The van der Waals surface area contributed by atoms with Gasteiger partial charge < -0.3 is 20.5 Å². The van der Waals surface area contributed by atoms with E-state index in [4.69, 9.17) is 0 Å². The number of rotatable bonds is 5. The molecule has 196 valence electrons. The van der Waals surface area contributed by atoms with E-state index in [0.717, 1.165) is 54.7 Å². The Bertz CT molecular complexity index is 1320. The Hall–Kier alpha value is -3.94. The van der Waals surface area contributed by atoms with Gasteiger partial charge in [-0.15, -0.1) is 0 Å². The summed E-state index contributed by atoms with van der Waals surface area (Å²) in [6, 6.07) is 14.0. The summed E-state index contributed by atoms with van der Waals surface area (Å²) >= 11 is 0. The second kappa shape index (κ2) is 10.4. The molecule has 0 radical (unpaired) electrons. The fourth-order valence-electron chi connectivity index (χ4n) is 6.48. The molecule has 0 bridgehead atoms. The zero-order valence-corrected chi connectivity index (χ0v) is 21.1. The van der Waals surface area contributed by atoms with Crippen LogP contribution >= 0.6 is 0 Å². The first-order valence-electron chi connectivity index (χ1n) is 13.5. The van der Waals surface area contributed by atoms with E-state index < -0.39 is 0 Å². The topological polar surface area (TPSA) is 90.1 Å². The number of nitrogens with zero attached hydrogens (tertiary/aromatic N) is 2. The fourth-order valence-corrected chi connectivity index (χ4v) is 6.48. The van der Waals surface area contributed by atoms with E-state index >= 15 is 0 Å². The van der Waals surface area contributed by atoms with Gasteiger partial charge in [0.1, 0.15) is 11.6 Å². The number of nitrogens with one attached hydrogen (secondary N) is 3. The van der Waals surface area contributed by atoms with Gasteiger partial charge in [-0.2, -0.15) is 0 Å². The molecule has 1 aromatic heterocycles. The van der Waals surface area contributed by atoms with E-state index in [9.17, 15) is 14.0 Å². The smallest absolute Gasteiger partial charge is 0.244 e. The summed E-state index contributed by atoms with van der Waals surface area (Å²) in [7, 11) is 0. The second-order valence-electron chi connectivity index (χ2n) is 10.5. The maximum absolute atomic E-state index is 14.1. The lowest BCUT2D eigenvalue weighted by atomic mass is 9.80. The second-order valence-corrected chi connectivity index (χ2v) is 10.5. The third-order valence-corrected chi connectivity index (χ3v) is 8.27. The average Bonchev–Trinajstić information content (AvgIpc) is 3.63. The highest BCUT2D eigenvalue weighted by Crippen LogP contribution is 2.51. The summed E-state index contributed by atoms with van der Waals surface area (Å²) in [5, 5.41) is 6.76. The van der Waals surface area contributed by atoms with Crippen LogP contribution in [0.25, 0.3) is 6.08 Å². The van der Waals surface area contributed by atoms with Crippen LogP contribution in [0.1, 0.15) is 61.1 Å². The number of benzene rings is 2. The molecule has 3 heterocycles. The van der Waals surface area contributed by atoms with Gasteiger partial charge in [0, 0.05) is 42.7 Å². The first-order chi connectivity index (χ1) is 18.6. The maximum Gasteiger partial charge on any atom is 0.244 e. The Morgan fingerprint density at radius 2 is 1.87 bits per heavy atom. The molecule has 2 aliphatic heterocycles. The molecule has 3 aliphatic rings. The number of para-hydroxylation sites is 1. The van der Waals surface area contributed by atoms with Crippen molar-refractivity contribution in [1.29, 1.82) is 0 Å². The molecule has 6 rings (SSSR count). The Labute approximate surface area is 221 Å². The summed E-state index contributed by atoms with van der Waals surface area (Å²) < 4.78 is 13.2. The van der Waals surface area contributed by atoms with Crippen molar-refractivity contribution in [2.24, 2.45) is 11.8 Å². The van der Waals surface area contributed by atoms with E-state index in [1.807, 2.05) is 18.3 Å². The van der Waals surface area contributed by atoms with Crippen LogP contribution in [-0.4, -0.2) is 39.3 Å². The van der Waals surface area contributed by atoms with Crippen molar-refractivity contribution >= 4 is 23.6 Å². The van der Waals surface area contributed by atoms with E-state index in [1.165, 1.54) is 18.2 Å². The average molecular weight is 514 g/mol. The molecule has 1 saturated carbocycles. The molecular weight excluding hydrogens is 481 g/mol. The largest absolute Gasteiger partial charge is 0.375 e. The molecule has 2 amide bonds. The van der Waals surface area contributed by atoms with Crippen molar-refractivity contribution in [3.8, 4) is 0 Å². The Balaban J connectivity index is 1.21. The van der Waals surface area contributed by atoms with Crippen LogP contribution in [0.4, 0.5) is 10.1 Å². The highest BCUT2D eigenvalue weighted by molar-refractivity contribution is 5.92. The Morgan fingerprint density at radius 1 is 1.05 bits per heavy atom. The van der Waals surface area contributed by atoms with Gasteiger partial charge in [0.15, 0.2) is 0 Å². The van der Waals surface area contributed by atoms with Crippen LogP contribution < -0.4 is 10.6 Å².